The molecule has 0 spiro atoms. The first-order valence-electron chi connectivity index (χ1n) is 3.10. The molecule has 0 aromatic rings. The van der Waals surface area contributed by atoms with Crippen LogP contribution in [0.1, 0.15) is 26.2 Å². The van der Waals surface area contributed by atoms with Crippen LogP contribution in [0.5, 0.6) is 0 Å². The van der Waals surface area contributed by atoms with E-state index in [1.54, 1.807) is 0 Å². The van der Waals surface area contributed by atoms with E-state index in [1.807, 2.05) is 0 Å². The second kappa shape index (κ2) is 2.54. The van der Waals surface area contributed by atoms with Gasteiger partial charge in [0, 0.05) is 0 Å². The summed E-state index contributed by atoms with van der Waals surface area (Å²) in [5, 5.41) is 0.323. The highest BCUT2D eigenvalue weighted by Crippen LogP contribution is 2.20. The van der Waals surface area contributed by atoms with E-state index >= 15 is 0 Å². The van der Waals surface area contributed by atoms with Gasteiger partial charge in [0.25, 0.3) is 0 Å². The van der Waals surface area contributed by atoms with Crippen molar-refractivity contribution in [3.8, 4) is 0 Å². The Kier molecular flexibility index (Phi) is 1.95. The third-order valence-corrected chi connectivity index (χ3v) is 1.86. The van der Waals surface area contributed by atoms with E-state index in [-0.39, 0.29) is 0 Å². The minimum atomic E-state index is 0.323. The first-order valence-corrected chi connectivity index (χ1v) is 3.54. The van der Waals surface area contributed by atoms with Crippen LogP contribution in [0.15, 0.2) is 11.6 Å². The Balaban J connectivity index is 2.50. The highest BCUT2D eigenvalue weighted by molar-refractivity contribution is 6.21. The van der Waals surface area contributed by atoms with Crippen molar-refractivity contribution in [1.29, 1.82) is 0 Å². The van der Waals surface area contributed by atoms with Gasteiger partial charge in [-0.05, 0) is 26.2 Å². The van der Waals surface area contributed by atoms with E-state index in [4.69, 9.17) is 11.6 Å². The Morgan fingerprint density at radius 3 is 2.88 bits per heavy atom. The lowest BCUT2D eigenvalue weighted by atomic mass is 10.0. The number of allylic oxidation sites excluding steroid dienone is 2. The lowest BCUT2D eigenvalue weighted by Gasteiger charge is -2.11. The van der Waals surface area contributed by atoms with Gasteiger partial charge in [-0.2, -0.15) is 0 Å². The summed E-state index contributed by atoms with van der Waals surface area (Å²) < 4.78 is 0. The summed E-state index contributed by atoms with van der Waals surface area (Å²) in [7, 11) is 0. The molecule has 0 saturated heterocycles. The van der Waals surface area contributed by atoms with Crippen LogP contribution in [0.2, 0.25) is 0 Å². The Morgan fingerprint density at radius 1 is 1.75 bits per heavy atom. The quantitative estimate of drug-likeness (QED) is 0.350. The van der Waals surface area contributed by atoms with Gasteiger partial charge in [0.15, 0.2) is 0 Å². The molecule has 0 aromatic heterocycles. The van der Waals surface area contributed by atoms with Gasteiger partial charge in [-0.25, -0.2) is 0 Å². The summed E-state index contributed by atoms with van der Waals surface area (Å²) in [5.41, 5.74) is 1.45. The minimum Gasteiger partial charge on any atom is -0.118 e. The predicted octanol–water partition coefficient (Wildman–Crippen LogP) is 2.72. The topological polar surface area (TPSA) is 0 Å². The summed E-state index contributed by atoms with van der Waals surface area (Å²) in [6.45, 7) is 2.15. The smallest absolute Gasteiger partial charge is 0.0518 e. The van der Waals surface area contributed by atoms with E-state index in [0.29, 0.717) is 5.38 Å². The molecule has 46 valence electrons. The van der Waals surface area contributed by atoms with E-state index in [1.165, 1.54) is 24.8 Å². The van der Waals surface area contributed by atoms with E-state index < -0.39 is 0 Å². The van der Waals surface area contributed by atoms with Crippen molar-refractivity contribution in [3.05, 3.63) is 11.6 Å². The molecule has 1 aliphatic carbocycles. The maximum absolute atomic E-state index is 5.84. The zero-order valence-corrected chi connectivity index (χ0v) is 5.91. The zero-order valence-electron chi connectivity index (χ0n) is 5.15. The molecule has 0 saturated carbocycles. The van der Waals surface area contributed by atoms with Gasteiger partial charge >= 0.3 is 0 Å². The standard InChI is InChI=1S/C7H11Cl/c1-6-3-2-4-7(8)5-6/h5,7H,2-4H2,1H3/t7-/m0/s1. The van der Waals surface area contributed by atoms with Crippen LogP contribution in [-0.4, -0.2) is 5.38 Å². The van der Waals surface area contributed by atoms with Crippen LogP contribution in [0.4, 0.5) is 0 Å². The highest BCUT2D eigenvalue weighted by Gasteiger charge is 2.06. The predicted molar refractivity (Wildman–Crippen MR) is 37.2 cm³/mol. The molecule has 0 aliphatic heterocycles. The van der Waals surface area contributed by atoms with Gasteiger partial charge in [-0.1, -0.05) is 11.6 Å². The van der Waals surface area contributed by atoms with Crippen molar-refractivity contribution in [2.75, 3.05) is 0 Å². The van der Waals surface area contributed by atoms with E-state index in [9.17, 15) is 0 Å². The molecular formula is C7H11Cl. The summed E-state index contributed by atoms with van der Waals surface area (Å²) in [6.07, 6.45) is 5.85. The lowest BCUT2D eigenvalue weighted by Crippen LogP contribution is -2.00. The molecule has 0 bridgehead atoms. The molecule has 1 rings (SSSR count). The van der Waals surface area contributed by atoms with Crippen molar-refractivity contribution in [1.82, 2.24) is 0 Å². The molecule has 0 aromatic carbocycles. The molecule has 0 amide bonds. The third kappa shape index (κ3) is 1.52. The van der Waals surface area contributed by atoms with Crippen molar-refractivity contribution < 1.29 is 0 Å². The SMILES string of the molecule is CC1=C[C@@H](Cl)CCC1. The normalized spacial score (nSPS) is 29.8. The molecule has 0 nitrogen and oxygen atoms in total. The Bertz CT molecular complexity index is 105. The van der Waals surface area contributed by atoms with Crippen LogP contribution >= 0.6 is 11.6 Å². The first kappa shape index (κ1) is 6.15. The molecule has 0 fully saturated rings. The molecule has 1 heteroatoms. The number of hydrogen-bond donors (Lipinski definition) is 0. The van der Waals surface area contributed by atoms with Gasteiger partial charge in [0.1, 0.15) is 0 Å². The van der Waals surface area contributed by atoms with Gasteiger partial charge in [-0.3, -0.25) is 0 Å². The Hall–Kier alpha value is 0.0300. The molecule has 8 heavy (non-hydrogen) atoms. The molecule has 0 heterocycles. The fourth-order valence-corrected chi connectivity index (χ4v) is 1.42. The summed E-state index contributed by atoms with van der Waals surface area (Å²) in [5.74, 6) is 0. The molecule has 1 atom stereocenters. The monoisotopic (exact) mass is 130 g/mol. The van der Waals surface area contributed by atoms with Crippen molar-refractivity contribution >= 4 is 11.6 Å². The van der Waals surface area contributed by atoms with Crippen LogP contribution in [0, 0.1) is 0 Å². The van der Waals surface area contributed by atoms with E-state index in [2.05, 4.69) is 13.0 Å². The van der Waals surface area contributed by atoms with Gasteiger partial charge in [0.2, 0.25) is 0 Å². The number of hydrogen-bond acceptors (Lipinski definition) is 0. The third-order valence-electron chi connectivity index (χ3n) is 1.52. The average Bonchev–Trinajstić information content (AvgIpc) is 1.64. The minimum absolute atomic E-state index is 0.323. The largest absolute Gasteiger partial charge is 0.118 e. The maximum Gasteiger partial charge on any atom is 0.0518 e. The molecule has 0 radical (unpaired) electrons. The average molecular weight is 131 g/mol. The molecule has 0 unspecified atom stereocenters. The Morgan fingerprint density at radius 2 is 2.50 bits per heavy atom. The zero-order chi connectivity index (χ0) is 5.98. The number of halogens is 1. The summed E-state index contributed by atoms with van der Waals surface area (Å²) >= 11 is 5.84. The van der Waals surface area contributed by atoms with E-state index in [0.717, 1.165) is 0 Å². The first-order chi connectivity index (χ1) is 3.79. The number of rotatable bonds is 0. The second-order valence-electron chi connectivity index (χ2n) is 2.42. The second-order valence-corrected chi connectivity index (χ2v) is 2.98. The van der Waals surface area contributed by atoms with Crippen LogP contribution < -0.4 is 0 Å². The highest BCUT2D eigenvalue weighted by atomic mass is 35.5. The maximum atomic E-state index is 5.84. The van der Waals surface area contributed by atoms with Crippen LogP contribution in [-0.2, 0) is 0 Å². The molecule has 1 aliphatic rings. The van der Waals surface area contributed by atoms with Crippen molar-refractivity contribution in [3.63, 3.8) is 0 Å². The summed E-state index contributed by atoms with van der Waals surface area (Å²) in [4.78, 5) is 0. The van der Waals surface area contributed by atoms with Crippen LogP contribution in [0.25, 0.3) is 0 Å². The summed E-state index contributed by atoms with van der Waals surface area (Å²) in [6, 6.07) is 0. The lowest BCUT2D eigenvalue weighted by molar-refractivity contribution is 0.707. The Labute approximate surface area is 55.5 Å². The molecular weight excluding hydrogens is 120 g/mol. The van der Waals surface area contributed by atoms with Gasteiger partial charge < -0.3 is 0 Å². The van der Waals surface area contributed by atoms with Crippen molar-refractivity contribution in [2.45, 2.75) is 31.6 Å². The van der Waals surface area contributed by atoms with Gasteiger partial charge in [-0.15, -0.1) is 11.6 Å². The fraction of sp³-hybridized carbons (Fsp3) is 0.714. The van der Waals surface area contributed by atoms with Crippen molar-refractivity contribution in [2.24, 2.45) is 0 Å². The van der Waals surface area contributed by atoms with Gasteiger partial charge in [0.05, 0.1) is 5.38 Å². The number of alkyl halides is 1. The van der Waals surface area contributed by atoms with Crippen LogP contribution in [0.3, 0.4) is 0 Å². The molecule has 0 N–H and O–H groups in total. The fourth-order valence-electron chi connectivity index (χ4n) is 1.05.